The van der Waals surface area contributed by atoms with Gasteiger partial charge < -0.3 is 10.5 Å². The lowest BCUT2D eigenvalue weighted by Gasteiger charge is -2.08. The zero-order valence-electron chi connectivity index (χ0n) is 7.21. The third-order valence-corrected chi connectivity index (χ3v) is 1.39. The zero-order valence-corrected chi connectivity index (χ0v) is 7.21. The van der Waals surface area contributed by atoms with Crippen LogP contribution in [0.1, 0.15) is 6.42 Å². The molecule has 0 radical (unpaired) electrons. The summed E-state index contributed by atoms with van der Waals surface area (Å²) < 4.78 is 40.0. The number of anilines is 1. The molecule has 0 unspecified atom stereocenters. The third kappa shape index (κ3) is 3.97. The molecule has 0 saturated carbocycles. The smallest absolute Gasteiger partial charge is 0.392 e. The number of hydrogen-bond acceptors (Lipinski definition) is 3. The van der Waals surface area contributed by atoms with E-state index in [1.807, 2.05) is 0 Å². The van der Waals surface area contributed by atoms with E-state index in [2.05, 4.69) is 4.98 Å². The molecular formula is C8H9F3N2O. The first kappa shape index (κ1) is 10.6. The van der Waals surface area contributed by atoms with Crippen molar-refractivity contribution in [1.82, 2.24) is 4.98 Å². The average Bonchev–Trinajstić information content (AvgIpc) is 2.01. The highest BCUT2D eigenvalue weighted by atomic mass is 19.4. The minimum atomic E-state index is -4.20. The van der Waals surface area contributed by atoms with E-state index in [-0.39, 0.29) is 5.75 Å². The van der Waals surface area contributed by atoms with Gasteiger partial charge in [0.25, 0.3) is 0 Å². The Morgan fingerprint density at radius 2 is 2.07 bits per heavy atom. The number of rotatable bonds is 3. The van der Waals surface area contributed by atoms with Crippen molar-refractivity contribution in [1.29, 1.82) is 0 Å². The summed E-state index contributed by atoms with van der Waals surface area (Å²) in [5, 5.41) is 0. The van der Waals surface area contributed by atoms with Gasteiger partial charge in [0.2, 0.25) is 0 Å². The number of ether oxygens (including phenoxy) is 1. The van der Waals surface area contributed by atoms with Crippen LogP contribution in [0.5, 0.6) is 5.75 Å². The number of hydrogen-bond donors (Lipinski definition) is 1. The summed E-state index contributed by atoms with van der Waals surface area (Å²) in [5.41, 5.74) is 5.71. The maximum Gasteiger partial charge on any atom is 0.392 e. The van der Waals surface area contributed by atoms with Crippen molar-refractivity contribution in [2.75, 3.05) is 12.3 Å². The maximum absolute atomic E-state index is 11.7. The quantitative estimate of drug-likeness (QED) is 0.822. The van der Waals surface area contributed by atoms with Gasteiger partial charge >= 0.3 is 6.18 Å². The zero-order chi connectivity index (χ0) is 10.6. The van der Waals surface area contributed by atoms with E-state index in [0.717, 1.165) is 0 Å². The number of nitrogens with two attached hydrogens (primary N) is 1. The summed E-state index contributed by atoms with van der Waals surface area (Å²) in [5.74, 6) is 0.245. The number of alkyl halides is 3. The Bertz CT molecular complexity index is 301. The fourth-order valence-electron chi connectivity index (χ4n) is 0.799. The molecule has 14 heavy (non-hydrogen) atoms. The van der Waals surface area contributed by atoms with Gasteiger partial charge in [-0.1, -0.05) is 0 Å². The highest BCUT2D eigenvalue weighted by Crippen LogP contribution is 2.20. The predicted octanol–water partition coefficient (Wildman–Crippen LogP) is 2.00. The number of nitrogens with zero attached hydrogens (tertiary/aromatic N) is 1. The largest absolute Gasteiger partial charge is 0.492 e. The first-order valence-electron chi connectivity index (χ1n) is 3.87. The molecule has 0 fully saturated rings. The van der Waals surface area contributed by atoms with Gasteiger partial charge in [0.1, 0.15) is 5.75 Å². The molecule has 1 aromatic rings. The monoisotopic (exact) mass is 206 g/mol. The van der Waals surface area contributed by atoms with Gasteiger partial charge in [-0.15, -0.1) is 0 Å². The summed E-state index contributed by atoms with van der Waals surface area (Å²) in [7, 11) is 0. The molecule has 0 aliphatic rings. The van der Waals surface area contributed by atoms with E-state index in [9.17, 15) is 13.2 Å². The minimum Gasteiger partial charge on any atom is -0.492 e. The van der Waals surface area contributed by atoms with Gasteiger partial charge in [0, 0.05) is 6.07 Å². The summed E-state index contributed by atoms with van der Waals surface area (Å²) in [6, 6.07) is 1.42. The van der Waals surface area contributed by atoms with Crippen LogP contribution in [0, 0.1) is 0 Å². The second-order valence-corrected chi connectivity index (χ2v) is 2.67. The SMILES string of the molecule is Nc1cncc(OCCC(F)(F)F)c1. The molecular weight excluding hydrogens is 197 g/mol. The van der Waals surface area contributed by atoms with Gasteiger partial charge in [-0.25, -0.2) is 0 Å². The molecule has 0 amide bonds. The molecule has 0 bridgehead atoms. The van der Waals surface area contributed by atoms with Gasteiger partial charge in [0.15, 0.2) is 0 Å². The summed E-state index contributed by atoms with van der Waals surface area (Å²) in [4.78, 5) is 3.67. The minimum absolute atomic E-state index is 0.245. The second-order valence-electron chi connectivity index (χ2n) is 2.67. The Labute approximate surface area is 78.7 Å². The van der Waals surface area contributed by atoms with E-state index < -0.39 is 19.2 Å². The Balaban J connectivity index is 2.39. The van der Waals surface area contributed by atoms with Crippen molar-refractivity contribution < 1.29 is 17.9 Å². The van der Waals surface area contributed by atoms with Crippen LogP contribution in [0.3, 0.4) is 0 Å². The van der Waals surface area contributed by atoms with Crippen molar-refractivity contribution in [2.45, 2.75) is 12.6 Å². The number of pyridine rings is 1. The predicted molar refractivity (Wildman–Crippen MR) is 44.8 cm³/mol. The van der Waals surface area contributed by atoms with Crippen LogP contribution in [0.2, 0.25) is 0 Å². The highest BCUT2D eigenvalue weighted by Gasteiger charge is 2.26. The van der Waals surface area contributed by atoms with Crippen molar-refractivity contribution in [3.8, 4) is 5.75 Å². The fourth-order valence-corrected chi connectivity index (χ4v) is 0.799. The number of aromatic nitrogens is 1. The van der Waals surface area contributed by atoms with E-state index in [1.165, 1.54) is 18.5 Å². The molecule has 6 heteroatoms. The van der Waals surface area contributed by atoms with Crippen LogP contribution in [0.25, 0.3) is 0 Å². The topological polar surface area (TPSA) is 48.1 Å². The third-order valence-electron chi connectivity index (χ3n) is 1.39. The van der Waals surface area contributed by atoms with E-state index in [0.29, 0.717) is 5.69 Å². The van der Waals surface area contributed by atoms with Gasteiger partial charge in [-0.3, -0.25) is 4.98 Å². The molecule has 0 aliphatic heterocycles. The molecule has 78 valence electrons. The lowest BCUT2D eigenvalue weighted by atomic mass is 10.4. The van der Waals surface area contributed by atoms with Crippen LogP contribution >= 0.6 is 0 Å². The van der Waals surface area contributed by atoms with Crippen LogP contribution < -0.4 is 10.5 Å². The summed E-state index contributed by atoms with van der Waals surface area (Å²) in [6.07, 6.45) is -2.49. The average molecular weight is 206 g/mol. The van der Waals surface area contributed by atoms with Crippen LogP contribution in [0.4, 0.5) is 18.9 Å². The first-order chi connectivity index (χ1) is 6.47. The molecule has 3 nitrogen and oxygen atoms in total. The summed E-state index contributed by atoms with van der Waals surface area (Å²) in [6.45, 7) is -0.422. The number of nitrogen functional groups attached to an aromatic ring is 1. The highest BCUT2D eigenvalue weighted by molar-refractivity contribution is 5.39. The van der Waals surface area contributed by atoms with Gasteiger partial charge in [-0.05, 0) is 0 Å². The van der Waals surface area contributed by atoms with Crippen molar-refractivity contribution in [3.63, 3.8) is 0 Å². The molecule has 0 aromatic carbocycles. The molecule has 2 N–H and O–H groups in total. The van der Waals surface area contributed by atoms with Gasteiger partial charge in [-0.2, -0.15) is 13.2 Å². The Morgan fingerprint density at radius 1 is 1.36 bits per heavy atom. The molecule has 0 atom stereocenters. The summed E-state index contributed by atoms with van der Waals surface area (Å²) >= 11 is 0. The fraction of sp³-hybridized carbons (Fsp3) is 0.375. The Hall–Kier alpha value is -1.46. The lowest BCUT2D eigenvalue weighted by Crippen LogP contribution is -2.13. The molecule has 1 rings (SSSR count). The van der Waals surface area contributed by atoms with E-state index in [1.54, 1.807) is 0 Å². The molecule has 0 aliphatic carbocycles. The number of halogens is 3. The lowest BCUT2D eigenvalue weighted by molar-refractivity contribution is -0.139. The molecule has 1 heterocycles. The molecule has 1 aromatic heterocycles. The molecule has 0 saturated heterocycles. The maximum atomic E-state index is 11.7. The van der Waals surface area contributed by atoms with E-state index in [4.69, 9.17) is 10.5 Å². The van der Waals surface area contributed by atoms with Crippen molar-refractivity contribution >= 4 is 5.69 Å². The standard InChI is InChI=1S/C8H9F3N2O/c9-8(10,11)1-2-14-7-3-6(12)4-13-5-7/h3-5H,1-2,12H2. The van der Waals surface area contributed by atoms with Crippen molar-refractivity contribution in [2.24, 2.45) is 0 Å². The normalized spacial score (nSPS) is 11.4. The van der Waals surface area contributed by atoms with Crippen LogP contribution in [0.15, 0.2) is 18.5 Å². The molecule has 0 spiro atoms. The second kappa shape index (κ2) is 4.17. The Morgan fingerprint density at radius 3 is 2.64 bits per heavy atom. The van der Waals surface area contributed by atoms with Crippen LogP contribution in [-0.4, -0.2) is 17.8 Å². The van der Waals surface area contributed by atoms with Gasteiger partial charge in [0.05, 0.1) is 31.1 Å². The van der Waals surface area contributed by atoms with Crippen LogP contribution in [-0.2, 0) is 0 Å². The van der Waals surface area contributed by atoms with E-state index >= 15 is 0 Å². The van der Waals surface area contributed by atoms with Crippen molar-refractivity contribution in [3.05, 3.63) is 18.5 Å². The Kier molecular flexibility index (Phi) is 3.16. The first-order valence-corrected chi connectivity index (χ1v) is 3.87.